The molecule has 5 heterocycles. The molecule has 2 aromatic heterocycles. The average Bonchev–Trinajstić information content (AvgIpc) is 3.66. The molecule has 3 saturated heterocycles. The second kappa shape index (κ2) is 10.6. The number of amides is 1. The van der Waals surface area contributed by atoms with E-state index < -0.39 is 11.4 Å². The zero-order chi connectivity index (χ0) is 27.0. The number of ether oxygens (including phenoxy) is 1. The zero-order valence-corrected chi connectivity index (χ0v) is 23.5. The Morgan fingerprint density at radius 1 is 1.13 bits per heavy atom. The van der Waals surface area contributed by atoms with Gasteiger partial charge in [0, 0.05) is 56.6 Å². The number of aliphatic carboxylic acids is 1. The van der Waals surface area contributed by atoms with E-state index in [1.807, 2.05) is 15.7 Å². The van der Waals surface area contributed by atoms with Crippen LogP contribution in [-0.4, -0.2) is 91.5 Å². The van der Waals surface area contributed by atoms with Gasteiger partial charge in [0.1, 0.15) is 0 Å². The fourth-order valence-corrected chi connectivity index (χ4v) is 7.70. The molecule has 39 heavy (non-hydrogen) atoms. The van der Waals surface area contributed by atoms with Gasteiger partial charge in [0.15, 0.2) is 4.34 Å². The summed E-state index contributed by atoms with van der Waals surface area (Å²) in [7, 11) is 0. The third-order valence-electron chi connectivity index (χ3n) is 8.47. The lowest BCUT2D eigenvalue weighted by Crippen LogP contribution is -2.60. The molecule has 1 amide bonds. The Bertz CT molecular complexity index is 1330. The average molecular weight is 569 g/mol. The number of hydrogen-bond acceptors (Lipinski definition) is 9. The lowest BCUT2D eigenvalue weighted by molar-refractivity contribution is -0.206. The highest BCUT2D eigenvalue weighted by atomic mass is 32.2. The Hall–Kier alpha value is -2.80. The van der Waals surface area contributed by atoms with Crippen LogP contribution in [0.1, 0.15) is 46.6 Å². The zero-order valence-electron chi connectivity index (χ0n) is 21.9. The number of imidazole rings is 1. The Morgan fingerprint density at radius 3 is 2.56 bits per heavy atom. The van der Waals surface area contributed by atoms with Crippen molar-refractivity contribution in [1.82, 2.24) is 29.5 Å². The van der Waals surface area contributed by atoms with Crippen molar-refractivity contribution in [3.05, 3.63) is 53.1 Å². The van der Waals surface area contributed by atoms with Gasteiger partial charge in [-0.3, -0.25) is 14.5 Å². The summed E-state index contributed by atoms with van der Waals surface area (Å²) >= 11 is 2.96. The highest BCUT2D eigenvalue weighted by molar-refractivity contribution is 8.00. The second-order valence-corrected chi connectivity index (χ2v) is 13.1. The van der Waals surface area contributed by atoms with Crippen LogP contribution in [0.25, 0.3) is 5.69 Å². The van der Waals surface area contributed by atoms with Crippen molar-refractivity contribution in [1.29, 1.82) is 0 Å². The first-order valence-electron chi connectivity index (χ1n) is 13.3. The smallest absolute Gasteiger partial charge is 0.311 e. The second-order valence-electron chi connectivity index (χ2n) is 10.9. The molecule has 1 aliphatic carbocycles. The number of nitrogens with zero attached hydrogens (tertiary/aromatic N) is 6. The minimum Gasteiger partial charge on any atom is -0.481 e. The number of carboxylic acid groups (broad SMARTS) is 1. The van der Waals surface area contributed by atoms with Crippen LogP contribution in [0.4, 0.5) is 0 Å². The van der Waals surface area contributed by atoms with Gasteiger partial charge >= 0.3 is 5.97 Å². The third-order valence-corrected chi connectivity index (χ3v) is 10.6. The maximum atomic E-state index is 13.1. The maximum Gasteiger partial charge on any atom is 0.311 e. The first-order chi connectivity index (χ1) is 18.8. The fraction of sp³-hybridized carbons (Fsp3) is 0.519. The topological polar surface area (TPSA) is 114 Å². The first kappa shape index (κ1) is 26.4. The van der Waals surface area contributed by atoms with Crippen molar-refractivity contribution >= 4 is 35.0 Å². The van der Waals surface area contributed by atoms with Crippen molar-refractivity contribution in [2.75, 3.05) is 39.3 Å². The minimum absolute atomic E-state index is 0.0594. The predicted molar refractivity (Wildman–Crippen MR) is 147 cm³/mol. The van der Waals surface area contributed by atoms with Crippen molar-refractivity contribution in [2.24, 2.45) is 5.41 Å². The Morgan fingerprint density at radius 2 is 1.92 bits per heavy atom. The van der Waals surface area contributed by atoms with E-state index in [2.05, 4.69) is 45.2 Å². The van der Waals surface area contributed by atoms with Crippen LogP contribution in [-0.2, 0) is 15.3 Å². The maximum absolute atomic E-state index is 13.1. The summed E-state index contributed by atoms with van der Waals surface area (Å²) in [5.74, 6) is -0.0260. The van der Waals surface area contributed by atoms with Gasteiger partial charge in [0.05, 0.1) is 24.0 Å². The van der Waals surface area contributed by atoms with Crippen LogP contribution in [0.3, 0.4) is 0 Å². The minimum atomic E-state index is -0.725. The number of rotatable bonds is 8. The number of piperazine rings is 1. The van der Waals surface area contributed by atoms with Gasteiger partial charge in [-0.25, -0.2) is 4.98 Å². The molecule has 7 rings (SSSR count). The molecule has 3 aromatic rings. The summed E-state index contributed by atoms with van der Waals surface area (Å²) in [6.07, 6.45) is 8.44. The van der Waals surface area contributed by atoms with Gasteiger partial charge in [0.25, 0.3) is 5.91 Å². The molecule has 3 aliphatic heterocycles. The van der Waals surface area contributed by atoms with Gasteiger partial charge in [-0.2, -0.15) is 0 Å². The van der Waals surface area contributed by atoms with E-state index in [9.17, 15) is 14.7 Å². The molecule has 1 aromatic carbocycles. The molecule has 4 fully saturated rings. The predicted octanol–water partition coefficient (Wildman–Crippen LogP) is 3.50. The normalized spacial score (nSPS) is 25.2. The lowest BCUT2D eigenvalue weighted by Gasteiger charge is -2.53. The molecule has 1 N–H and O–H groups in total. The molecule has 10 nitrogen and oxygen atoms in total. The van der Waals surface area contributed by atoms with E-state index in [1.54, 1.807) is 24.3 Å². The number of carbonyl (C=O) groups is 2. The molecular formula is C27H32N6O4S2. The van der Waals surface area contributed by atoms with Crippen molar-refractivity contribution in [3.8, 4) is 5.69 Å². The van der Waals surface area contributed by atoms with Crippen LogP contribution < -0.4 is 0 Å². The number of aryl methyl sites for hydroxylation is 1. The first-order valence-corrected chi connectivity index (χ1v) is 15.1. The molecule has 4 aliphatic rings. The quantitative estimate of drug-likeness (QED) is 0.408. The van der Waals surface area contributed by atoms with Gasteiger partial charge in [-0.15, -0.1) is 10.2 Å². The van der Waals surface area contributed by atoms with E-state index in [0.29, 0.717) is 37.5 Å². The number of fused-ring (bicyclic) bond motifs is 3. The van der Waals surface area contributed by atoms with Gasteiger partial charge < -0.3 is 19.3 Å². The van der Waals surface area contributed by atoms with Gasteiger partial charge in [-0.1, -0.05) is 29.2 Å². The Kier molecular flexibility index (Phi) is 7.21. The number of benzene rings is 1. The van der Waals surface area contributed by atoms with E-state index in [1.165, 1.54) is 22.5 Å². The molecule has 1 saturated carbocycles. The SMILES string of the molecule is Cc1cc(-n2ccnc2)ccc1CSc1nnc(C(=O)N2CCN(CC34CCC(C(=O)O)(CC3)CO4)CC2)s1. The Balaban J connectivity index is 0.988. The third kappa shape index (κ3) is 5.34. The Labute approximate surface area is 235 Å². The van der Waals surface area contributed by atoms with Crippen molar-refractivity contribution < 1.29 is 19.4 Å². The van der Waals surface area contributed by atoms with Gasteiger partial charge in [-0.05, 0) is 55.9 Å². The molecular weight excluding hydrogens is 536 g/mol. The standard InChI is InChI=1S/C27H32N6O4S2/c1-19-14-21(33-9-8-28-18-33)3-2-20(19)15-38-25-30-29-22(39-25)23(34)32-12-10-31(11-13-32)16-27-6-4-26(5-7-27,17-37-27)24(35)36/h2-3,8-9,14,18H,4-7,10-13,15-17H2,1H3,(H,35,36). The lowest BCUT2D eigenvalue weighted by atomic mass is 9.66. The van der Waals surface area contributed by atoms with Crippen LogP contribution in [0, 0.1) is 12.3 Å². The summed E-state index contributed by atoms with van der Waals surface area (Å²) in [4.78, 5) is 33.1. The number of hydrogen-bond donors (Lipinski definition) is 1. The largest absolute Gasteiger partial charge is 0.481 e. The molecule has 0 unspecified atom stereocenters. The summed E-state index contributed by atoms with van der Waals surface area (Å²) in [5.41, 5.74) is 2.56. The fourth-order valence-electron chi connectivity index (χ4n) is 5.80. The summed E-state index contributed by atoms with van der Waals surface area (Å²) in [6, 6.07) is 6.35. The summed E-state index contributed by atoms with van der Waals surface area (Å²) < 4.78 is 8.91. The van der Waals surface area contributed by atoms with E-state index in [-0.39, 0.29) is 11.5 Å². The summed E-state index contributed by atoms with van der Waals surface area (Å²) in [6.45, 7) is 6.03. The van der Waals surface area contributed by atoms with Crippen LogP contribution in [0.2, 0.25) is 0 Å². The van der Waals surface area contributed by atoms with E-state index >= 15 is 0 Å². The highest BCUT2D eigenvalue weighted by Crippen LogP contribution is 2.49. The van der Waals surface area contributed by atoms with Crippen molar-refractivity contribution in [3.63, 3.8) is 0 Å². The van der Waals surface area contributed by atoms with Crippen LogP contribution >= 0.6 is 23.1 Å². The van der Waals surface area contributed by atoms with Crippen molar-refractivity contribution in [2.45, 2.75) is 48.3 Å². The monoisotopic (exact) mass is 568 g/mol. The van der Waals surface area contributed by atoms with E-state index in [0.717, 1.165) is 48.3 Å². The molecule has 12 heteroatoms. The number of carboxylic acids is 1. The molecule has 2 bridgehead atoms. The van der Waals surface area contributed by atoms with Crippen LogP contribution in [0.5, 0.6) is 0 Å². The summed E-state index contributed by atoms with van der Waals surface area (Å²) in [5, 5.41) is 18.5. The molecule has 0 atom stereocenters. The highest BCUT2D eigenvalue weighted by Gasteiger charge is 2.54. The number of thioether (sulfide) groups is 1. The molecule has 206 valence electrons. The van der Waals surface area contributed by atoms with E-state index in [4.69, 9.17) is 4.74 Å². The molecule has 0 radical (unpaired) electrons. The van der Waals surface area contributed by atoms with Crippen LogP contribution in [0.15, 0.2) is 41.3 Å². The number of carbonyl (C=O) groups excluding carboxylic acids is 1. The molecule has 0 spiro atoms. The van der Waals surface area contributed by atoms with Gasteiger partial charge in [0.2, 0.25) is 5.01 Å². The number of aromatic nitrogens is 4.